The Morgan fingerprint density at radius 3 is 2.35 bits per heavy atom. The summed E-state index contributed by atoms with van der Waals surface area (Å²) in [7, 11) is 0. The lowest BCUT2D eigenvalue weighted by molar-refractivity contribution is 0.447. The number of hydrogen-bond acceptors (Lipinski definition) is 0. The molecule has 0 bridgehead atoms. The van der Waals surface area contributed by atoms with E-state index in [-0.39, 0.29) is 0 Å². The number of hydrogen-bond donors (Lipinski definition) is 0. The average molecular weight is 398 g/mol. The molecule has 0 radical (unpaired) electrons. The van der Waals surface area contributed by atoms with E-state index in [9.17, 15) is 0 Å². The minimum absolute atomic E-state index is 0.442. The third-order valence-corrected chi connectivity index (χ3v) is 6.00. The molecule has 2 aromatic carbocycles. The van der Waals surface area contributed by atoms with E-state index in [2.05, 4.69) is 82.1 Å². The molecule has 0 fully saturated rings. The summed E-state index contributed by atoms with van der Waals surface area (Å²) in [5.41, 5.74) is 1.42. The summed E-state index contributed by atoms with van der Waals surface area (Å²) >= 11 is 7.63. The van der Waals surface area contributed by atoms with Crippen molar-refractivity contribution in [3.63, 3.8) is 0 Å². The first-order valence-electron chi connectivity index (χ1n) is 7.50. The van der Waals surface area contributed by atoms with Crippen molar-refractivity contribution in [2.24, 2.45) is 5.92 Å². The van der Waals surface area contributed by atoms with Crippen molar-refractivity contribution in [1.82, 2.24) is 0 Å². The minimum atomic E-state index is 0.442. The van der Waals surface area contributed by atoms with Crippen LogP contribution < -0.4 is 0 Å². The van der Waals surface area contributed by atoms with Crippen LogP contribution in [0.15, 0.2) is 40.9 Å². The van der Waals surface area contributed by atoms with E-state index in [0.717, 1.165) is 0 Å². The van der Waals surface area contributed by atoms with Gasteiger partial charge in [-0.05, 0) is 34.7 Å². The normalized spacial score (nSPS) is 14.4. The van der Waals surface area contributed by atoms with Crippen LogP contribution in [0.25, 0.3) is 10.8 Å². The second-order valence-electron chi connectivity index (χ2n) is 5.39. The molecule has 0 aliphatic rings. The molecule has 0 aliphatic carbocycles. The third-order valence-electron chi connectivity index (χ3n) is 4.07. The molecular weight excluding hydrogens is 376 g/mol. The Morgan fingerprint density at radius 2 is 1.70 bits per heavy atom. The van der Waals surface area contributed by atoms with Gasteiger partial charge >= 0.3 is 0 Å². The van der Waals surface area contributed by atoms with Gasteiger partial charge in [0.2, 0.25) is 0 Å². The molecule has 20 heavy (non-hydrogen) atoms. The van der Waals surface area contributed by atoms with Crippen molar-refractivity contribution in [2.75, 3.05) is 0 Å². The number of rotatable bonds is 6. The van der Waals surface area contributed by atoms with Crippen molar-refractivity contribution in [3.8, 4) is 0 Å². The summed E-state index contributed by atoms with van der Waals surface area (Å²) in [6, 6.07) is 13.1. The summed E-state index contributed by atoms with van der Waals surface area (Å²) < 4.78 is 1.18. The zero-order valence-corrected chi connectivity index (χ0v) is 15.4. The Morgan fingerprint density at radius 1 is 1.00 bits per heavy atom. The van der Waals surface area contributed by atoms with Crippen molar-refractivity contribution < 1.29 is 0 Å². The summed E-state index contributed by atoms with van der Waals surface area (Å²) in [4.78, 5) is 0.442. The highest BCUT2D eigenvalue weighted by Crippen LogP contribution is 2.40. The molecular formula is C18H22Br2. The first kappa shape index (κ1) is 16.0. The van der Waals surface area contributed by atoms with Crippen LogP contribution in [0.3, 0.4) is 0 Å². The second kappa shape index (κ2) is 7.61. The van der Waals surface area contributed by atoms with Crippen LogP contribution in [0.5, 0.6) is 0 Å². The Balaban J connectivity index is 2.38. The van der Waals surface area contributed by atoms with Gasteiger partial charge in [-0.25, -0.2) is 0 Å². The smallest absolute Gasteiger partial charge is 0.0429 e. The Hall–Kier alpha value is -0.340. The van der Waals surface area contributed by atoms with Gasteiger partial charge in [0, 0.05) is 9.30 Å². The zero-order chi connectivity index (χ0) is 14.5. The van der Waals surface area contributed by atoms with Gasteiger partial charge in [-0.1, -0.05) is 95.3 Å². The number of alkyl halides is 1. The lowest BCUT2D eigenvalue weighted by atomic mass is 9.89. The maximum absolute atomic E-state index is 3.97. The third kappa shape index (κ3) is 3.46. The molecule has 2 heteroatoms. The zero-order valence-electron chi connectivity index (χ0n) is 12.2. The molecule has 0 spiro atoms. The summed E-state index contributed by atoms with van der Waals surface area (Å²) in [5.74, 6) is 0.708. The lowest BCUT2D eigenvalue weighted by Gasteiger charge is -2.23. The van der Waals surface area contributed by atoms with Crippen LogP contribution in [0.1, 0.15) is 49.9 Å². The van der Waals surface area contributed by atoms with Gasteiger partial charge in [0.25, 0.3) is 0 Å². The molecule has 108 valence electrons. The first-order chi connectivity index (χ1) is 9.69. The van der Waals surface area contributed by atoms with Crippen LogP contribution in [0.4, 0.5) is 0 Å². The van der Waals surface area contributed by atoms with Gasteiger partial charge in [0.1, 0.15) is 0 Å². The molecule has 0 aliphatic heterocycles. The van der Waals surface area contributed by atoms with Gasteiger partial charge in [-0.3, -0.25) is 0 Å². The summed E-state index contributed by atoms with van der Waals surface area (Å²) in [6.07, 6.45) is 5.11. The fraction of sp³-hybridized carbons (Fsp3) is 0.444. The summed E-state index contributed by atoms with van der Waals surface area (Å²) in [6.45, 7) is 4.57. The Bertz CT molecular complexity index is 562. The molecule has 0 heterocycles. The van der Waals surface area contributed by atoms with Gasteiger partial charge in [-0.2, -0.15) is 0 Å². The maximum atomic E-state index is 3.97. The van der Waals surface area contributed by atoms with Gasteiger partial charge < -0.3 is 0 Å². The SMILES string of the molecule is CCCCC(CC)C(Br)c1ccc(Br)c2ccccc12. The minimum Gasteiger partial charge on any atom is -0.0836 e. The number of unbranched alkanes of at least 4 members (excludes halogenated alkanes) is 1. The van der Waals surface area contributed by atoms with Crippen molar-refractivity contribution in [1.29, 1.82) is 0 Å². The highest BCUT2D eigenvalue weighted by atomic mass is 79.9. The molecule has 2 atom stereocenters. The fourth-order valence-corrected chi connectivity index (χ4v) is 4.32. The molecule has 0 saturated carbocycles. The Kier molecular flexibility index (Phi) is 6.10. The van der Waals surface area contributed by atoms with E-state index in [1.165, 1.54) is 46.5 Å². The van der Waals surface area contributed by atoms with E-state index in [1.54, 1.807) is 0 Å². The molecule has 2 aromatic rings. The monoisotopic (exact) mass is 396 g/mol. The molecule has 0 amide bonds. The van der Waals surface area contributed by atoms with Gasteiger partial charge in [0.05, 0.1) is 0 Å². The molecule has 0 aromatic heterocycles. The molecule has 0 saturated heterocycles. The molecule has 0 nitrogen and oxygen atoms in total. The summed E-state index contributed by atoms with van der Waals surface area (Å²) in [5, 5.41) is 2.67. The topological polar surface area (TPSA) is 0 Å². The molecule has 0 N–H and O–H groups in total. The molecule has 2 rings (SSSR count). The van der Waals surface area contributed by atoms with E-state index in [0.29, 0.717) is 10.7 Å². The second-order valence-corrected chi connectivity index (χ2v) is 7.24. The standard InChI is InChI=1S/C18H22Br2/c1-3-5-8-13(4-2)18(20)16-11-12-17(19)15-10-7-6-9-14(15)16/h6-7,9-13,18H,3-5,8H2,1-2H3. The van der Waals surface area contributed by atoms with Crippen LogP contribution in [0.2, 0.25) is 0 Å². The van der Waals surface area contributed by atoms with Crippen molar-refractivity contribution in [2.45, 2.75) is 44.4 Å². The number of halogens is 2. The predicted molar refractivity (Wildman–Crippen MR) is 96.6 cm³/mol. The van der Waals surface area contributed by atoms with Crippen LogP contribution in [0, 0.1) is 5.92 Å². The van der Waals surface area contributed by atoms with Crippen LogP contribution in [-0.2, 0) is 0 Å². The van der Waals surface area contributed by atoms with Gasteiger partial charge in [-0.15, -0.1) is 0 Å². The largest absolute Gasteiger partial charge is 0.0836 e. The van der Waals surface area contributed by atoms with E-state index in [1.807, 2.05) is 0 Å². The van der Waals surface area contributed by atoms with E-state index < -0.39 is 0 Å². The highest BCUT2D eigenvalue weighted by molar-refractivity contribution is 9.10. The quantitative estimate of drug-likeness (QED) is 0.450. The fourth-order valence-electron chi connectivity index (χ4n) is 2.80. The Labute approximate surface area is 139 Å². The molecule has 2 unspecified atom stereocenters. The maximum Gasteiger partial charge on any atom is 0.0429 e. The number of benzene rings is 2. The van der Waals surface area contributed by atoms with E-state index in [4.69, 9.17) is 0 Å². The lowest BCUT2D eigenvalue weighted by Crippen LogP contribution is -2.07. The number of fused-ring (bicyclic) bond motifs is 1. The van der Waals surface area contributed by atoms with Crippen LogP contribution in [-0.4, -0.2) is 0 Å². The predicted octanol–water partition coefficient (Wildman–Crippen LogP) is 7.25. The van der Waals surface area contributed by atoms with Crippen molar-refractivity contribution >= 4 is 42.6 Å². The van der Waals surface area contributed by atoms with Crippen molar-refractivity contribution in [3.05, 3.63) is 46.4 Å². The van der Waals surface area contributed by atoms with Gasteiger partial charge in [0.15, 0.2) is 0 Å². The van der Waals surface area contributed by atoms with Crippen LogP contribution >= 0.6 is 31.9 Å². The average Bonchev–Trinajstić information content (AvgIpc) is 2.48. The first-order valence-corrected chi connectivity index (χ1v) is 9.21. The van der Waals surface area contributed by atoms with E-state index >= 15 is 0 Å². The highest BCUT2D eigenvalue weighted by Gasteiger charge is 2.20.